The number of rotatable bonds is 4. The highest BCUT2D eigenvalue weighted by Crippen LogP contribution is 2.29. The Labute approximate surface area is 96.0 Å². The van der Waals surface area contributed by atoms with E-state index in [1.165, 1.54) is 12.1 Å². The van der Waals surface area contributed by atoms with E-state index >= 15 is 0 Å². The number of hydrogen-bond acceptors (Lipinski definition) is 2. The molecule has 0 saturated heterocycles. The van der Waals surface area contributed by atoms with Crippen molar-refractivity contribution < 1.29 is 28.8 Å². The van der Waals surface area contributed by atoms with Gasteiger partial charge in [0.2, 0.25) is 0 Å². The van der Waals surface area contributed by atoms with Gasteiger partial charge in [0.25, 0.3) is 0 Å². The second-order valence-corrected chi connectivity index (χ2v) is 3.84. The van der Waals surface area contributed by atoms with Gasteiger partial charge >= 0.3 is 6.18 Å². The molecule has 6 heteroatoms. The van der Waals surface area contributed by atoms with E-state index in [0.717, 1.165) is 12.1 Å². The summed E-state index contributed by atoms with van der Waals surface area (Å²) in [6.45, 7) is 0. The highest BCUT2D eigenvalue weighted by Gasteiger charge is 2.29. The Morgan fingerprint density at radius 3 is 2.24 bits per heavy atom. The van der Waals surface area contributed by atoms with Crippen LogP contribution in [0, 0.1) is 0 Å². The molecule has 0 aliphatic rings. The van der Waals surface area contributed by atoms with Crippen LogP contribution in [0.4, 0.5) is 13.2 Å². The minimum Gasteiger partial charge on any atom is -0.550 e. The van der Waals surface area contributed by atoms with Crippen LogP contribution >= 0.6 is 0 Å². The molecule has 0 aliphatic carbocycles. The van der Waals surface area contributed by atoms with Gasteiger partial charge in [0.15, 0.2) is 0 Å². The fourth-order valence-corrected chi connectivity index (χ4v) is 1.47. The predicted octanol–water partition coefficient (Wildman–Crippen LogP) is -0.00160. The Morgan fingerprint density at radius 2 is 1.82 bits per heavy atom. The summed E-state index contributed by atoms with van der Waals surface area (Å²) in [6.07, 6.45) is -4.25. The zero-order valence-electron chi connectivity index (χ0n) is 8.96. The van der Waals surface area contributed by atoms with Crippen molar-refractivity contribution in [2.75, 3.05) is 0 Å². The first-order valence-corrected chi connectivity index (χ1v) is 4.98. The number of carbonyl (C=O) groups excluding carboxylic acids is 1. The van der Waals surface area contributed by atoms with Gasteiger partial charge in [0.1, 0.15) is 0 Å². The second kappa shape index (κ2) is 5.18. The molecule has 0 radical (unpaired) electrons. The molecule has 0 bridgehead atoms. The lowest BCUT2D eigenvalue weighted by molar-refractivity contribution is -0.423. The van der Waals surface area contributed by atoms with Crippen LogP contribution in [0.2, 0.25) is 0 Å². The van der Waals surface area contributed by atoms with Crippen molar-refractivity contribution in [1.29, 1.82) is 0 Å². The van der Waals surface area contributed by atoms with Gasteiger partial charge in [-0.25, -0.2) is 0 Å². The molecule has 0 spiro atoms. The minimum absolute atomic E-state index is 0.207. The average molecular weight is 247 g/mol. The number of carboxylic acids is 1. The standard InChI is InChI=1S/C11H12F3NO2/c12-11(13,14)8-3-1-7(2-4-8)5-9(15)6-10(16)17/h1-4,9H,5-6,15H2,(H,16,17)/t9-/m0/s1. The SMILES string of the molecule is [NH3+][C@H](CC(=O)[O-])Cc1ccc(C(F)(F)F)cc1. The Morgan fingerprint density at radius 1 is 1.29 bits per heavy atom. The van der Waals surface area contributed by atoms with Crippen LogP contribution in [0.5, 0.6) is 0 Å². The van der Waals surface area contributed by atoms with Crippen molar-refractivity contribution in [2.45, 2.75) is 25.1 Å². The van der Waals surface area contributed by atoms with Crippen molar-refractivity contribution in [2.24, 2.45) is 0 Å². The van der Waals surface area contributed by atoms with Crippen LogP contribution in [0.1, 0.15) is 17.5 Å². The Balaban J connectivity index is 2.66. The molecule has 0 unspecified atom stereocenters. The number of benzene rings is 1. The molecule has 17 heavy (non-hydrogen) atoms. The molecule has 1 atom stereocenters. The molecule has 0 aromatic heterocycles. The highest BCUT2D eigenvalue weighted by molar-refractivity contribution is 5.64. The Hall–Kier alpha value is -1.56. The number of alkyl halides is 3. The summed E-state index contributed by atoms with van der Waals surface area (Å²) in [5, 5.41) is 10.3. The summed E-state index contributed by atoms with van der Waals surface area (Å²) in [6, 6.07) is 4.20. The Kier molecular flexibility index (Phi) is 4.11. The first kappa shape index (κ1) is 13.5. The maximum atomic E-state index is 12.3. The van der Waals surface area contributed by atoms with E-state index in [-0.39, 0.29) is 6.42 Å². The van der Waals surface area contributed by atoms with E-state index in [9.17, 15) is 23.1 Å². The minimum atomic E-state index is -4.35. The van der Waals surface area contributed by atoms with Crippen LogP contribution in [0.15, 0.2) is 24.3 Å². The molecule has 0 fully saturated rings. The molecule has 0 heterocycles. The molecule has 1 rings (SSSR count). The third-order valence-electron chi connectivity index (χ3n) is 2.26. The smallest absolute Gasteiger partial charge is 0.416 e. The summed E-state index contributed by atoms with van der Waals surface area (Å²) < 4.78 is 36.8. The van der Waals surface area contributed by atoms with Crippen molar-refractivity contribution in [1.82, 2.24) is 0 Å². The van der Waals surface area contributed by atoms with Gasteiger partial charge < -0.3 is 15.6 Å². The van der Waals surface area contributed by atoms with Crippen LogP contribution in [-0.4, -0.2) is 12.0 Å². The van der Waals surface area contributed by atoms with E-state index in [2.05, 4.69) is 5.73 Å². The number of carbonyl (C=O) groups is 1. The fraction of sp³-hybridized carbons (Fsp3) is 0.364. The summed E-state index contributed by atoms with van der Waals surface area (Å²) in [7, 11) is 0. The first-order valence-electron chi connectivity index (χ1n) is 4.98. The van der Waals surface area contributed by atoms with E-state index in [0.29, 0.717) is 12.0 Å². The van der Waals surface area contributed by atoms with Crippen LogP contribution in [-0.2, 0) is 17.4 Å². The van der Waals surface area contributed by atoms with Gasteiger partial charge in [0, 0.05) is 18.8 Å². The summed E-state index contributed by atoms with van der Waals surface area (Å²) in [4.78, 5) is 10.3. The molecule has 1 aromatic rings. The molecule has 3 nitrogen and oxygen atoms in total. The first-order chi connectivity index (χ1) is 7.79. The van der Waals surface area contributed by atoms with Gasteiger partial charge in [-0.2, -0.15) is 13.2 Å². The van der Waals surface area contributed by atoms with Gasteiger partial charge in [-0.05, 0) is 17.7 Å². The van der Waals surface area contributed by atoms with Gasteiger partial charge in [0.05, 0.1) is 11.6 Å². The molecular formula is C11H12F3NO2. The largest absolute Gasteiger partial charge is 0.550 e. The molecule has 3 N–H and O–H groups in total. The van der Waals surface area contributed by atoms with Gasteiger partial charge in [-0.3, -0.25) is 0 Å². The van der Waals surface area contributed by atoms with Crippen LogP contribution < -0.4 is 10.8 Å². The molecule has 0 aliphatic heterocycles. The highest BCUT2D eigenvalue weighted by atomic mass is 19.4. The quantitative estimate of drug-likeness (QED) is 0.813. The van der Waals surface area contributed by atoms with E-state index in [1.54, 1.807) is 0 Å². The average Bonchev–Trinajstić information content (AvgIpc) is 2.15. The fourth-order valence-electron chi connectivity index (χ4n) is 1.47. The third kappa shape index (κ3) is 4.44. The van der Waals surface area contributed by atoms with E-state index in [4.69, 9.17) is 0 Å². The summed E-state index contributed by atoms with van der Waals surface area (Å²) >= 11 is 0. The number of aliphatic carboxylic acids is 1. The molecule has 1 aromatic carbocycles. The molecule has 0 amide bonds. The van der Waals surface area contributed by atoms with Crippen molar-refractivity contribution in [3.63, 3.8) is 0 Å². The predicted molar refractivity (Wildman–Crippen MR) is 51.4 cm³/mol. The number of quaternary nitrogens is 1. The second-order valence-electron chi connectivity index (χ2n) is 3.84. The van der Waals surface area contributed by atoms with Crippen LogP contribution in [0.3, 0.4) is 0 Å². The van der Waals surface area contributed by atoms with E-state index < -0.39 is 23.8 Å². The number of halogens is 3. The van der Waals surface area contributed by atoms with Crippen molar-refractivity contribution >= 4 is 5.97 Å². The summed E-state index contributed by atoms with van der Waals surface area (Å²) in [5.74, 6) is -1.21. The van der Waals surface area contributed by atoms with Crippen molar-refractivity contribution in [3.05, 3.63) is 35.4 Å². The number of hydrogen-bond donors (Lipinski definition) is 1. The lowest BCUT2D eigenvalue weighted by Crippen LogP contribution is -2.63. The maximum Gasteiger partial charge on any atom is 0.416 e. The maximum absolute atomic E-state index is 12.3. The lowest BCUT2D eigenvalue weighted by Gasteiger charge is -2.10. The summed E-state index contributed by atoms with van der Waals surface area (Å²) in [5.41, 5.74) is 3.51. The van der Waals surface area contributed by atoms with Crippen LogP contribution in [0.25, 0.3) is 0 Å². The van der Waals surface area contributed by atoms with Gasteiger partial charge in [-0.1, -0.05) is 12.1 Å². The monoisotopic (exact) mass is 247 g/mol. The van der Waals surface area contributed by atoms with E-state index in [1.807, 2.05) is 0 Å². The Bertz CT molecular complexity index is 387. The molecular weight excluding hydrogens is 235 g/mol. The zero-order chi connectivity index (χ0) is 13.1. The number of carboxylic acid groups (broad SMARTS) is 1. The third-order valence-corrected chi connectivity index (χ3v) is 2.26. The topological polar surface area (TPSA) is 67.8 Å². The van der Waals surface area contributed by atoms with Crippen molar-refractivity contribution in [3.8, 4) is 0 Å². The lowest BCUT2D eigenvalue weighted by atomic mass is 10.0. The zero-order valence-corrected chi connectivity index (χ0v) is 8.96. The molecule has 94 valence electrons. The normalized spacial score (nSPS) is 13.4. The van der Waals surface area contributed by atoms with Gasteiger partial charge in [-0.15, -0.1) is 0 Å². The molecule has 0 saturated carbocycles.